The van der Waals surface area contributed by atoms with Crippen molar-refractivity contribution in [1.82, 2.24) is 5.32 Å². The van der Waals surface area contributed by atoms with Crippen LogP contribution in [0, 0.1) is 0 Å². The number of carboxylic acid groups (broad SMARTS) is 1. The predicted molar refractivity (Wildman–Crippen MR) is 79.6 cm³/mol. The highest BCUT2D eigenvalue weighted by Gasteiger charge is 2.19. The Morgan fingerprint density at radius 1 is 1.40 bits per heavy atom. The summed E-state index contributed by atoms with van der Waals surface area (Å²) in [7, 11) is 1.50. The number of hydrogen-bond donors (Lipinski definition) is 3. The Balaban J connectivity index is 2.63. The number of carboxylic acids is 1. The standard InChI is InChI=1S/C13H18N2O4S/c1-19-11-6-4-3-5-9(11)14-13(18)15-10(12(16)17)7-8-20-2/h3-6,10H,7-8H2,1-2H3,(H,16,17)(H2,14,15,18)/t10-/m0/s1. The van der Waals surface area contributed by atoms with E-state index >= 15 is 0 Å². The van der Waals surface area contributed by atoms with Gasteiger partial charge < -0.3 is 20.5 Å². The predicted octanol–water partition coefficient (Wildman–Crippen LogP) is 2.02. The van der Waals surface area contributed by atoms with E-state index in [-0.39, 0.29) is 0 Å². The number of methoxy groups -OCH3 is 1. The van der Waals surface area contributed by atoms with Gasteiger partial charge in [-0.2, -0.15) is 11.8 Å². The Bertz CT molecular complexity index is 467. The minimum Gasteiger partial charge on any atom is -0.495 e. The van der Waals surface area contributed by atoms with Crippen LogP contribution < -0.4 is 15.4 Å². The number of nitrogens with one attached hydrogen (secondary N) is 2. The van der Waals surface area contributed by atoms with E-state index in [0.717, 1.165) is 0 Å². The van der Waals surface area contributed by atoms with Gasteiger partial charge in [0.1, 0.15) is 11.8 Å². The fraction of sp³-hybridized carbons (Fsp3) is 0.385. The summed E-state index contributed by atoms with van der Waals surface area (Å²) in [5.41, 5.74) is 0.488. The Hall–Kier alpha value is -1.89. The lowest BCUT2D eigenvalue weighted by Gasteiger charge is -2.15. The van der Waals surface area contributed by atoms with Gasteiger partial charge >= 0.3 is 12.0 Å². The third-order valence-corrected chi connectivity index (χ3v) is 3.21. The first-order chi connectivity index (χ1) is 9.58. The van der Waals surface area contributed by atoms with Crippen molar-refractivity contribution in [2.75, 3.05) is 24.4 Å². The molecule has 0 bridgehead atoms. The van der Waals surface area contributed by atoms with Gasteiger partial charge in [0.2, 0.25) is 0 Å². The second-order valence-electron chi connectivity index (χ2n) is 3.97. The molecule has 0 aliphatic heterocycles. The molecule has 0 aliphatic carbocycles. The molecule has 0 aliphatic rings. The molecule has 1 rings (SSSR count). The average Bonchev–Trinajstić information content (AvgIpc) is 2.43. The molecule has 110 valence electrons. The Kier molecular flexibility index (Phi) is 6.72. The Labute approximate surface area is 121 Å². The molecule has 1 aromatic rings. The second kappa shape index (κ2) is 8.31. The lowest BCUT2D eigenvalue weighted by Crippen LogP contribution is -2.43. The van der Waals surface area contributed by atoms with E-state index in [1.165, 1.54) is 18.9 Å². The first-order valence-electron chi connectivity index (χ1n) is 6.00. The molecule has 1 atom stereocenters. The van der Waals surface area contributed by atoms with Crippen LogP contribution >= 0.6 is 11.8 Å². The van der Waals surface area contributed by atoms with Gasteiger partial charge in [-0.3, -0.25) is 0 Å². The molecular weight excluding hydrogens is 280 g/mol. The second-order valence-corrected chi connectivity index (χ2v) is 4.96. The maximum atomic E-state index is 11.8. The van der Waals surface area contributed by atoms with Gasteiger partial charge in [-0.25, -0.2) is 9.59 Å². The quantitative estimate of drug-likeness (QED) is 0.717. The number of aliphatic carboxylic acids is 1. The highest BCUT2D eigenvalue weighted by Crippen LogP contribution is 2.22. The normalized spacial score (nSPS) is 11.5. The summed E-state index contributed by atoms with van der Waals surface area (Å²) in [4.78, 5) is 22.9. The third kappa shape index (κ3) is 5.00. The molecule has 20 heavy (non-hydrogen) atoms. The monoisotopic (exact) mass is 298 g/mol. The van der Waals surface area contributed by atoms with E-state index in [9.17, 15) is 9.59 Å². The van der Waals surface area contributed by atoms with E-state index in [0.29, 0.717) is 23.6 Å². The van der Waals surface area contributed by atoms with Crippen LogP contribution in [0.25, 0.3) is 0 Å². The van der Waals surface area contributed by atoms with Crippen LogP contribution in [0.5, 0.6) is 5.75 Å². The first-order valence-corrected chi connectivity index (χ1v) is 7.40. The third-order valence-electron chi connectivity index (χ3n) is 2.57. The average molecular weight is 298 g/mol. The van der Waals surface area contributed by atoms with Crippen LogP contribution in [0.4, 0.5) is 10.5 Å². The largest absolute Gasteiger partial charge is 0.495 e. The minimum absolute atomic E-state index is 0.371. The number of carbonyl (C=O) groups excluding carboxylic acids is 1. The van der Waals surface area contributed by atoms with E-state index in [1.54, 1.807) is 24.3 Å². The van der Waals surface area contributed by atoms with Crippen molar-refractivity contribution in [3.05, 3.63) is 24.3 Å². The molecule has 0 saturated heterocycles. The fourth-order valence-corrected chi connectivity index (χ4v) is 2.03. The summed E-state index contributed by atoms with van der Waals surface area (Å²) in [6.45, 7) is 0. The van der Waals surface area contributed by atoms with Gasteiger partial charge in [0.05, 0.1) is 12.8 Å². The lowest BCUT2D eigenvalue weighted by molar-refractivity contribution is -0.139. The number of carbonyl (C=O) groups is 2. The SMILES string of the molecule is COc1ccccc1NC(=O)N[C@@H](CCSC)C(=O)O. The maximum absolute atomic E-state index is 11.8. The molecule has 0 unspecified atom stereocenters. The Morgan fingerprint density at radius 3 is 2.70 bits per heavy atom. The van der Waals surface area contributed by atoms with Crippen molar-refractivity contribution in [3.8, 4) is 5.75 Å². The van der Waals surface area contributed by atoms with Crippen molar-refractivity contribution in [3.63, 3.8) is 0 Å². The van der Waals surface area contributed by atoms with Crippen molar-refractivity contribution < 1.29 is 19.4 Å². The summed E-state index contributed by atoms with van der Waals surface area (Å²) in [6, 6.07) is 5.44. The van der Waals surface area contributed by atoms with Crippen LogP contribution in [0.1, 0.15) is 6.42 Å². The van der Waals surface area contributed by atoms with E-state index in [4.69, 9.17) is 9.84 Å². The molecule has 0 saturated carbocycles. The summed E-state index contributed by atoms with van der Waals surface area (Å²) < 4.78 is 5.10. The van der Waals surface area contributed by atoms with Crippen molar-refractivity contribution in [2.24, 2.45) is 0 Å². The number of rotatable bonds is 7. The summed E-state index contributed by atoms with van der Waals surface area (Å²) in [6.07, 6.45) is 2.25. The molecule has 0 heterocycles. The fourth-order valence-electron chi connectivity index (χ4n) is 1.56. The van der Waals surface area contributed by atoms with Crippen molar-refractivity contribution in [2.45, 2.75) is 12.5 Å². The van der Waals surface area contributed by atoms with Gasteiger partial charge in [-0.15, -0.1) is 0 Å². The number of para-hydroxylation sites is 2. The topological polar surface area (TPSA) is 87.7 Å². The van der Waals surface area contributed by atoms with E-state index < -0.39 is 18.0 Å². The number of thioether (sulfide) groups is 1. The van der Waals surface area contributed by atoms with Crippen LogP contribution in [0.2, 0.25) is 0 Å². The van der Waals surface area contributed by atoms with E-state index in [1.807, 2.05) is 6.26 Å². The van der Waals surface area contributed by atoms with Crippen LogP contribution in [-0.4, -0.2) is 42.3 Å². The molecule has 0 aromatic heterocycles. The highest BCUT2D eigenvalue weighted by atomic mass is 32.2. The van der Waals surface area contributed by atoms with Gasteiger partial charge in [0.15, 0.2) is 0 Å². The minimum atomic E-state index is -1.05. The summed E-state index contributed by atoms with van der Waals surface area (Å²) >= 11 is 1.53. The smallest absolute Gasteiger partial charge is 0.326 e. The number of benzene rings is 1. The van der Waals surface area contributed by atoms with E-state index in [2.05, 4.69) is 10.6 Å². The molecular formula is C13H18N2O4S. The number of urea groups is 1. The number of hydrogen-bond acceptors (Lipinski definition) is 4. The number of ether oxygens (including phenoxy) is 1. The molecule has 2 amide bonds. The van der Waals surface area contributed by atoms with Gasteiger partial charge in [-0.1, -0.05) is 12.1 Å². The molecule has 1 aromatic carbocycles. The zero-order chi connectivity index (χ0) is 15.0. The summed E-state index contributed by atoms with van der Waals surface area (Å²) in [5.74, 6) is 0.124. The lowest BCUT2D eigenvalue weighted by atomic mass is 10.2. The number of anilines is 1. The molecule has 3 N–H and O–H groups in total. The van der Waals surface area contributed by atoms with Crippen LogP contribution in [-0.2, 0) is 4.79 Å². The molecule has 7 heteroatoms. The number of amides is 2. The maximum Gasteiger partial charge on any atom is 0.326 e. The zero-order valence-electron chi connectivity index (χ0n) is 11.4. The molecule has 0 radical (unpaired) electrons. The molecule has 0 fully saturated rings. The van der Waals surface area contributed by atoms with Gasteiger partial charge in [0.25, 0.3) is 0 Å². The van der Waals surface area contributed by atoms with Crippen molar-refractivity contribution in [1.29, 1.82) is 0 Å². The molecule has 0 spiro atoms. The molecule has 6 nitrogen and oxygen atoms in total. The first kappa shape index (κ1) is 16.2. The van der Waals surface area contributed by atoms with Gasteiger partial charge in [-0.05, 0) is 30.6 Å². The highest BCUT2D eigenvalue weighted by molar-refractivity contribution is 7.98. The van der Waals surface area contributed by atoms with Gasteiger partial charge in [0, 0.05) is 0 Å². The van der Waals surface area contributed by atoms with Crippen LogP contribution in [0.3, 0.4) is 0 Å². The summed E-state index contributed by atoms with van der Waals surface area (Å²) in [5, 5.41) is 14.0. The van der Waals surface area contributed by atoms with Crippen molar-refractivity contribution >= 4 is 29.4 Å². The Morgan fingerprint density at radius 2 is 2.10 bits per heavy atom. The van der Waals surface area contributed by atoms with Crippen LogP contribution in [0.15, 0.2) is 24.3 Å². The zero-order valence-corrected chi connectivity index (χ0v) is 12.2.